The number of carbonyl (C=O) groups is 2. The van der Waals surface area contributed by atoms with Gasteiger partial charge in [-0.05, 0) is 0 Å². The molecule has 1 N–H and O–H groups in total. The highest BCUT2D eigenvalue weighted by molar-refractivity contribution is 9.10. The molecule has 1 amide bonds. The number of rotatable bonds is 3. The summed E-state index contributed by atoms with van der Waals surface area (Å²) in [6.07, 6.45) is 0. The van der Waals surface area contributed by atoms with Crippen molar-refractivity contribution in [1.82, 2.24) is 10.2 Å². The zero-order valence-corrected chi connectivity index (χ0v) is 9.54. The molecule has 1 aliphatic heterocycles. The van der Waals surface area contributed by atoms with Crippen molar-refractivity contribution in [1.29, 1.82) is 0 Å². The number of alkyl halides is 1. The number of nitrogens with one attached hydrogen (secondary N) is 1. The summed E-state index contributed by atoms with van der Waals surface area (Å²) in [5.74, 6) is -0.309. The first kappa shape index (κ1) is 11.5. The van der Waals surface area contributed by atoms with Crippen LogP contribution in [0.5, 0.6) is 0 Å². The van der Waals surface area contributed by atoms with Crippen molar-refractivity contribution in [3.8, 4) is 0 Å². The highest BCUT2D eigenvalue weighted by atomic mass is 79.9. The molecule has 5 nitrogen and oxygen atoms in total. The Bertz CT molecular complexity index is 235. The monoisotopic (exact) mass is 264 g/mol. The lowest BCUT2D eigenvalue weighted by Crippen LogP contribution is -2.49. The SMILES string of the molecule is COC(=O)C(Br)CN1CCNC(=O)C1. The van der Waals surface area contributed by atoms with Crippen LogP contribution in [0.15, 0.2) is 0 Å². The zero-order chi connectivity index (χ0) is 10.6. The van der Waals surface area contributed by atoms with E-state index < -0.39 is 0 Å². The quantitative estimate of drug-likeness (QED) is 0.544. The first-order valence-electron chi connectivity index (χ1n) is 4.34. The minimum atomic E-state index is -0.363. The number of nitrogens with zero attached hydrogens (tertiary/aromatic N) is 1. The number of halogens is 1. The summed E-state index contributed by atoms with van der Waals surface area (Å²) in [5.41, 5.74) is 0. The molecule has 1 unspecified atom stereocenters. The Morgan fingerprint density at radius 1 is 1.79 bits per heavy atom. The Balaban J connectivity index is 2.35. The maximum Gasteiger partial charge on any atom is 0.320 e. The maximum absolute atomic E-state index is 11.1. The number of methoxy groups -OCH3 is 1. The Hall–Kier alpha value is -0.620. The summed E-state index contributed by atoms with van der Waals surface area (Å²) in [6.45, 7) is 2.25. The van der Waals surface area contributed by atoms with Crippen LogP contribution in [0, 0.1) is 0 Å². The third kappa shape index (κ3) is 3.26. The molecule has 80 valence electrons. The number of hydrogen-bond donors (Lipinski definition) is 1. The lowest BCUT2D eigenvalue weighted by atomic mass is 10.3. The van der Waals surface area contributed by atoms with Crippen molar-refractivity contribution in [3.63, 3.8) is 0 Å². The van der Waals surface area contributed by atoms with Crippen LogP contribution in [0.4, 0.5) is 0 Å². The third-order valence-corrected chi connectivity index (χ3v) is 2.66. The second-order valence-electron chi connectivity index (χ2n) is 3.08. The highest BCUT2D eigenvalue weighted by Gasteiger charge is 2.22. The largest absolute Gasteiger partial charge is 0.468 e. The van der Waals surface area contributed by atoms with E-state index in [1.807, 2.05) is 4.90 Å². The highest BCUT2D eigenvalue weighted by Crippen LogP contribution is 2.05. The van der Waals surface area contributed by atoms with Crippen molar-refractivity contribution < 1.29 is 14.3 Å². The van der Waals surface area contributed by atoms with Gasteiger partial charge in [-0.15, -0.1) is 0 Å². The normalized spacial score (nSPS) is 20.0. The minimum Gasteiger partial charge on any atom is -0.468 e. The molecule has 6 heteroatoms. The van der Waals surface area contributed by atoms with E-state index in [0.29, 0.717) is 19.6 Å². The predicted molar refractivity (Wildman–Crippen MR) is 54.2 cm³/mol. The van der Waals surface area contributed by atoms with E-state index in [-0.39, 0.29) is 16.7 Å². The maximum atomic E-state index is 11.1. The second kappa shape index (κ2) is 5.31. The molecule has 1 aliphatic rings. The van der Waals surface area contributed by atoms with Crippen molar-refractivity contribution in [3.05, 3.63) is 0 Å². The van der Waals surface area contributed by atoms with Gasteiger partial charge in [0.25, 0.3) is 0 Å². The van der Waals surface area contributed by atoms with E-state index in [9.17, 15) is 9.59 Å². The first-order chi connectivity index (χ1) is 6.63. The molecular weight excluding hydrogens is 252 g/mol. The summed E-state index contributed by atoms with van der Waals surface area (Å²) < 4.78 is 4.57. The fourth-order valence-electron chi connectivity index (χ4n) is 1.28. The summed E-state index contributed by atoms with van der Waals surface area (Å²) >= 11 is 3.21. The Morgan fingerprint density at radius 2 is 2.50 bits per heavy atom. The average molecular weight is 265 g/mol. The van der Waals surface area contributed by atoms with E-state index in [4.69, 9.17) is 0 Å². The summed E-state index contributed by atoms with van der Waals surface area (Å²) in [4.78, 5) is 23.6. The molecule has 0 saturated carbocycles. The molecule has 1 heterocycles. The standard InChI is InChI=1S/C8H13BrN2O3/c1-14-8(13)6(9)4-11-3-2-10-7(12)5-11/h6H,2-5H2,1H3,(H,10,12). The molecule has 0 aromatic heterocycles. The van der Waals surface area contributed by atoms with Gasteiger partial charge in [-0.25, -0.2) is 0 Å². The second-order valence-corrected chi connectivity index (χ2v) is 4.18. The van der Waals surface area contributed by atoms with Crippen LogP contribution < -0.4 is 5.32 Å². The van der Waals surface area contributed by atoms with Crippen LogP contribution in [-0.2, 0) is 14.3 Å². The van der Waals surface area contributed by atoms with Crippen molar-refractivity contribution in [2.75, 3.05) is 33.3 Å². The lowest BCUT2D eigenvalue weighted by molar-refractivity contribution is -0.140. The minimum absolute atomic E-state index is 0.000755. The van der Waals surface area contributed by atoms with Crippen LogP contribution in [0.25, 0.3) is 0 Å². The zero-order valence-electron chi connectivity index (χ0n) is 7.96. The van der Waals surface area contributed by atoms with Gasteiger partial charge in [0.05, 0.1) is 13.7 Å². The van der Waals surface area contributed by atoms with E-state index in [1.165, 1.54) is 7.11 Å². The van der Waals surface area contributed by atoms with E-state index in [2.05, 4.69) is 26.0 Å². The van der Waals surface area contributed by atoms with Gasteiger partial charge in [0.2, 0.25) is 5.91 Å². The van der Waals surface area contributed by atoms with Gasteiger partial charge < -0.3 is 10.1 Å². The summed E-state index contributed by atoms with van der Waals surface area (Å²) in [5, 5.41) is 2.72. The molecule has 1 fully saturated rings. The van der Waals surface area contributed by atoms with Crippen LogP contribution in [0.1, 0.15) is 0 Å². The Kier molecular flexibility index (Phi) is 4.34. The Labute approximate surface area is 90.9 Å². The molecule has 1 saturated heterocycles. The average Bonchev–Trinajstić information content (AvgIpc) is 2.16. The molecule has 0 bridgehead atoms. The smallest absolute Gasteiger partial charge is 0.320 e. The number of piperazine rings is 1. The molecule has 0 aliphatic carbocycles. The fraction of sp³-hybridized carbons (Fsp3) is 0.750. The third-order valence-electron chi connectivity index (χ3n) is 1.99. The first-order valence-corrected chi connectivity index (χ1v) is 5.26. The Morgan fingerprint density at radius 3 is 3.07 bits per heavy atom. The molecular formula is C8H13BrN2O3. The van der Waals surface area contributed by atoms with Crippen LogP contribution >= 0.6 is 15.9 Å². The fourth-order valence-corrected chi connectivity index (χ4v) is 1.87. The predicted octanol–water partition coefficient (Wildman–Crippen LogP) is -0.645. The van der Waals surface area contributed by atoms with Gasteiger partial charge in [0.1, 0.15) is 4.83 Å². The van der Waals surface area contributed by atoms with Crippen LogP contribution in [-0.4, -0.2) is 54.9 Å². The molecule has 1 atom stereocenters. The molecule has 14 heavy (non-hydrogen) atoms. The van der Waals surface area contributed by atoms with Crippen molar-refractivity contribution in [2.24, 2.45) is 0 Å². The molecule has 1 rings (SSSR count). The van der Waals surface area contributed by atoms with Gasteiger partial charge in [0.15, 0.2) is 0 Å². The number of carbonyl (C=O) groups excluding carboxylic acids is 2. The lowest BCUT2D eigenvalue weighted by Gasteiger charge is -2.27. The van der Waals surface area contributed by atoms with Crippen molar-refractivity contribution >= 4 is 27.8 Å². The summed E-state index contributed by atoms with van der Waals surface area (Å²) in [6, 6.07) is 0. The van der Waals surface area contributed by atoms with E-state index in [1.54, 1.807) is 0 Å². The van der Waals surface area contributed by atoms with E-state index in [0.717, 1.165) is 6.54 Å². The van der Waals surface area contributed by atoms with E-state index >= 15 is 0 Å². The van der Waals surface area contributed by atoms with Crippen LogP contribution in [0.2, 0.25) is 0 Å². The number of amides is 1. The van der Waals surface area contributed by atoms with Crippen LogP contribution in [0.3, 0.4) is 0 Å². The van der Waals surface area contributed by atoms with Crippen molar-refractivity contribution in [2.45, 2.75) is 4.83 Å². The van der Waals surface area contributed by atoms with Gasteiger partial charge >= 0.3 is 5.97 Å². The number of esters is 1. The molecule has 0 aromatic rings. The topological polar surface area (TPSA) is 58.6 Å². The molecule has 0 aromatic carbocycles. The number of ether oxygens (including phenoxy) is 1. The van der Waals surface area contributed by atoms with Gasteiger partial charge in [-0.2, -0.15) is 0 Å². The molecule has 0 radical (unpaired) electrons. The number of hydrogen-bond acceptors (Lipinski definition) is 4. The summed E-state index contributed by atoms with van der Waals surface area (Å²) in [7, 11) is 1.35. The van der Waals surface area contributed by atoms with Gasteiger partial charge in [-0.1, -0.05) is 15.9 Å². The van der Waals surface area contributed by atoms with Gasteiger partial charge in [0, 0.05) is 19.6 Å². The van der Waals surface area contributed by atoms with Gasteiger partial charge in [-0.3, -0.25) is 14.5 Å². The molecule has 0 spiro atoms.